The molecule has 0 spiro atoms. The lowest BCUT2D eigenvalue weighted by atomic mass is 9.87. The van der Waals surface area contributed by atoms with Gasteiger partial charge < -0.3 is 4.90 Å². The predicted molar refractivity (Wildman–Crippen MR) is 76.7 cm³/mol. The number of halogens is 2. The lowest BCUT2D eigenvalue weighted by Crippen LogP contribution is -2.35. The van der Waals surface area contributed by atoms with E-state index in [4.69, 9.17) is 11.6 Å². The molecule has 94 valence electrons. The molecule has 0 amide bonds. The molecule has 0 radical (unpaired) electrons. The monoisotopic (exact) mass is 316 g/mol. The van der Waals surface area contributed by atoms with Crippen LogP contribution < -0.4 is 4.90 Å². The van der Waals surface area contributed by atoms with Gasteiger partial charge in [-0.2, -0.15) is 0 Å². The molecule has 0 unspecified atom stereocenters. The Balaban J connectivity index is 2.05. The van der Waals surface area contributed by atoms with Gasteiger partial charge in [-0.25, -0.2) is 4.98 Å². The number of hydrogen-bond acceptors (Lipinski definition) is 2. The topological polar surface area (TPSA) is 16.1 Å². The highest BCUT2D eigenvalue weighted by molar-refractivity contribution is 9.10. The second-order valence-electron chi connectivity index (χ2n) is 5.03. The van der Waals surface area contributed by atoms with E-state index in [1.807, 2.05) is 6.07 Å². The molecule has 1 aromatic rings. The minimum absolute atomic E-state index is 0.678. The summed E-state index contributed by atoms with van der Waals surface area (Å²) in [7, 11) is 0. The smallest absolute Gasteiger partial charge is 0.142 e. The first kappa shape index (κ1) is 13.2. The summed E-state index contributed by atoms with van der Waals surface area (Å²) in [5, 5.41) is 0.678. The molecule has 2 nitrogen and oxygen atoms in total. The third-order valence-electron chi connectivity index (χ3n) is 3.57. The Labute approximate surface area is 116 Å². The number of anilines is 1. The Morgan fingerprint density at radius 1 is 1.41 bits per heavy atom. The zero-order valence-electron chi connectivity index (χ0n) is 10.3. The number of pyridine rings is 1. The van der Waals surface area contributed by atoms with Crippen molar-refractivity contribution in [3.8, 4) is 0 Å². The Morgan fingerprint density at radius 3 is 2.59 bits per heavy atom. The van der Waals surface area contributed by atoms with Crippen molar-refractivity contribution >= 4 is 33.3 Å². The summed E-state index contributed by atoms with van der Waals surface area (Å²) in [4.78, 5) is 6.77. The first-order valence-corrected chi connectivity index (χ1v) is 7.31. The van der Waals surface area contributed by atoms with Gasteiger partial charge in [-0.3, -0.25) is 0 Å². The van der Waals surface area contributed by atoms with Crippen LogP contribution >= 0.6 is 27.5 Å². The highest BCUT2D eigenvalue weighted by atomic mass is 79.9. The summed E-state index contributed by atoms with van der Waals surface area (Å²) in [6, 6.07) is 1.92. The Bertz CT molecular complexity index is 387. The molecule has 1 aromatic heterocycles. The maximum Gasteiger partial charge on any atom is 0.142 e. The molecule has 0 aliphatic carbocycles. The van der Waals surface area contributed by atoms with Gasteiger partial charge in [0, 0.05) is 19.3 Å². The van der Waals surface area contributed by atoms with Crippen LogP contribution in [0.15, 0.2) is 16.7 Å². The van der Waals surface area contributed by atoms with E-state index < -0.39 is 0 Å². The molecule has 0 aromatic carbocycles. The third-order valence-corrected chi connectivity index (χ3v) is 4.36. The second-order valence-corrected chi connectivity index (χ2v) is 6.32. The van der Waals surface area contributed by atoms with Gasteiger partial charge in [0.05, 0.1) is 9.50 Å². The number of piperidine rings is 1. The number of nitrogens with zero attached hydrogens (tertiary/aromatic N) is 2. The van der Waals surface area contributed by atoms with Gasteiger partial charge in [-0.05, 0) is 46.7 Å². The van der Waals surface area contributed by atoms with Gasteiger partial charge in [0.2, 0.25) is 0 Å². The summed E-state index contributed by atoms with van der Waals surface area (Å²) in [5.41, 5.74) is 0. The molecule has 4 heteroatoms. The molecule has 0 bridgehead atoms. The van der Waals surface area contributed by atoms with Crippen LogP contribution in [0, 0.1) is 11.8 Å². The molecule has 2 heterocycles. The van der Waals surface area contributed by atoms with Gasteiger partial charge in [0.25, 0.3) is 0 Å². The van der Waals surface area contributed by atoms with E-state index in [2.05, 4.69) is 39.7 Å². The quantitative estimate of drug-likeness (QED) is 0.805. The molecular formula is C13H18BrClN2. The van der Waals surface area contributed by atoms with Crippen molar-refractivity contribution in [2.45, 2.75) is 26.7 Å². The van der Waals surface area contributed by atoms with Crippen LogP contribution in [0.5, 0.6) is 0 Å². The maximum absolute atomic E-state index is 5.91. The van der Waals surface area contributed by atoms with Crippen molar-refractivity contribution in [1.29, 1.82) is 0 Å². The van der Waals surface area contributed by atoms with Crippen molar-refractivity contribution in [3.63, 3.8) is 0 Å². The minimum Gasteiger partial charge on any atom is -0.356 e. The highest BCUT2D eigenvalue weighted by Gasteiger charge is 2.23. The Morgan fingerprint density at radius 2 is 2.06 bits per heavy atom. The Hall–Kier alpha value is -0.280. The summed E-state index contributed by atoms with van der Waals surface area (Å²) >= 11 is 9.45. The summed E-state index contributed by atoms with van der Waals surface area (Å²) in [5.74, 6) is 2.67. The van der Waals surface area contributed by atoms with Crippen molar-refractivity contribution in [2.24, 2.45) is 11.8 Å². The van der Waals surface area contributed by atoms with Crippen molar-refractivity contribution < 1.29 is 0 Å². The van der Waals surface area contributed by atoms with Gasteiger partial charge in [-0.15, -0.1) is 0 Å². The van der Waals surface area contributed by atoms with Crippen molar-refractivity contribution in [3.05, 3.63) is 21.8 Å². The van der Waals surface area contributed by atoms with E-state index in [-0.39, 0.29) is 0 Å². The fourth-order valence-electron chi connectivity index (χ4n) is 2.42. The number of hydrogen-bond donors (Lipinski definition) is 0. The lowest BCUT2D eigenvalue weighted by molar-refractivity contribution is 0.310. The zero-order valence-corrected chi connectivity index (χ0v) is 12.6. The molecule has 1 aliphatic rings. The van der Waals surface area contributed by atoms with Gasteiger partial charge in [-0.1, -0.05) is 25.4 Å². The fourth-order valence-corrected chi connectivity index (χ4v) is 3.31. The van der Waals surface area contributed by atoms with Crippen LogP contribution in [0.1, 0.15) is 26.7 Å². The first-order valence-electron chi connectivity index (χ1n) is 6.14. The first-order chi connectivity index (χ1) is 8.08. The molecule has 1 aliphatic heterocycles. The van der Waals surface area contributed by atoms with E-state index in [9.17, 15) is 0 Å². The third kappa shape index (κ3) is 3.14. The number of rotatable bonds is 2. The summed E-state index contributed by atoms with van der Waals surface area (Å²) < 4.78 is 0.994. The van der Waals surface area contributed by atoms with Crippen LogP contribution in [0.25, 0.3) is 0 Å². The molecule has 17 heavy (non-hydrogen) atoms. The van der Waals surface area contributed by atoms with E-state index in [0.29, 0.717) is 5.02 Å². The van der Waals surface area contributed by atoms with Gasteiger partial charge >= 0.3 is 0 Å². The SMILES string of the molecule is CC(C)C1CCN(c2ncc(Cl)cc2Br)CC1. The summed E-state index contributed by atoms with van der Waals surface area (Å²) in [6.45, 7) is 6.82. The Kier molecular flexibility index (Phi) is 4.31. The van der Waals surface area contributed by atoms with Crippen LogP contribution in [-0.4, -0.2) is 18.1 Å². The minimum atomic E-state index is 0.678. The van der Waals surface area contributed by atoms with Crippen LogP contribution in [0.2, 0.25) is 5.02 Å². The molecule has 2 rings (SSSR count). The van der Waals surface area contributed by atoms with E-state index in [0.717, 1.165) is 35.2 Å². The normalized spacial score (nSPS) is 17.8. The predicted octanol–water partition coefficient (Wildman–Crippen LogP) is 4.37. The van der Waals surface area contributed by atoms with Crippen molar-refractivity contribution in [2.75, 3.05) is 18.0 Å². The van der Waals surface area contributed by atoms with Crippen LogP contribution in [0.3, 0.4) is 0 Å². The van der Waals surface area contributed by atoms with Crippen LogP contribution in [0.4, 0.5) is 5.82 Å². The highest BCUT2D eigenvalue weighted by Crippen LogP contribution is 2.31. The zero-order chi connectivity index (χ0) is 12.4. The molecule has 1 fully saturated rings. The van der Waals surface area contributed by atoms with Crippen LogP contribution in [-0.2, 0) is 0 Å². The average Bonchev–Trinajstić information content (AvgIpc) is 2.29. The molecular weight excluding hydrogens is 300 g/mol. The largest absolute Gasteiger partial charge is 0.356 e. The standard InChI is InChI=1S/C13H18BrClN2/c1-9(2)10-3-5-17(6-4-10)13-12(14)7-11(15)8-16-13/h7-10H,3-6H2,1-2H3. The van der Waals surface area contributed by atoms with Crippen molar-refractivity contribution in [1.82, 2.24) is 4.98 Å². The fraction of sp³-hybridized carbons (Fsp3) is 0.615. The number of aromatic nitrogens is 1. The molecule has 1 saturated heterocycles. The van der Waals surface area contributed by atoms with E-state index in [1.54, 1.807) is 6.20 Å². The lowest BCUT2D eigenvalue weighted by Gasteiger charge is -2.35. The molecule has 0 saturated carbocycles. The average molecular weight is 318 g/mol. The van der Waals surface area contributed by atoms with Gasteiger partial charge in [0.1, 0.15) is 5.82 Å². The summed E-state index contributed by atoms with van der Waals surface area (Å²) in [6.07, 6.45) is 4.24. The van der Waals surface area contributed by atoms with E-state index in [1.165, 1.54) is 12.8 Å². The molecule has 0 N–H and O–H groups in total. The maximum atomic E-state index is 5.91. The van der Waals surface area contributed by atoms with E-state index >= 15 is 0 Å². The molecule has 0 atom stereocenters. The second kappa shape index (κ2) is 5.57. The van der Waals surface area contributed by atoms with Gasteiger partial charge in [0.15, 0.2) is 0 Å².